The van der Waals surface area contributed by atoms with Crippen LogP contribution in [0.4, 0.5) is 26.3 Å². The predicted octanol–water partition coefficient (Wildman–Crippen LogP) is 4.74. The van der Waals surface area contributed by atoms with Crippen molar-refractivity contribution in [1.82, 2.24) is 30.3 Å². The molecule has 13 heteroatoms. The standard InChI is InChI=1S/C21H14F6N6O/c1-11(17-18(29-7-6-28-17)33-16-5-3-2-4-15(16)31-32-33)30-19(34)12-8-13(20(22,23)24)10-14(9-12)21(25,26)27/h2-11H,1H3,(H,30,34). The van der Waals surface area contributed by atoms with Gasteiger partial charge in [-0.25, -0.2) is 4.98 Å². The summed E-state index contributed by atoms with van der Waals surface area (Å²) in [5.41, 5.74) is -2.67. The van der Waals surface area contributed by atoms with E-state index in [0.717, 1.165) is 0 Å². The molecule has 0 aliphatic carbocycles. The normalized spacial score (nSPS) is 13.1. The Morgan fingerprint density at radius 2 is 1.56 bits per heavy atom. The zero-order valence-electron chi connectivity index (χ0n) is 17.2. The zero-order chi connectivity index (χ0) is 24.7. The fourth-order valence-corrected chi connectivity index (χ4v) is 3.27. The quantitative estimate of drug-likeness (QED) is 0.427. The number of aromatic nitrogens is 5. The number of nitrogens with zero attached hydrogens (tertiary/aromatic N) is 5. The van der Waals surface area contributed by atoms with Crippen LogP contribution in [0.2, 0.25) is 0 Å². The highest BCUT2D eigenvalue weighted by atomic mass is 19.4. The number of amides is 1. The SMILES string of the molecule is CC(NC(=O)c1cc(C(F)(F)F)cc(C(F)(F)F)c1)c1nccnc1-n1nnc2ccccc21. The molecule has 4 rings (SSSR count). The average Bonchev–Trinajstić information content (AvgIpc) is 3.21. The van der Waals surface area contributed by atoms with E-state index in [0.29, 0.717) is 23.2 Å². The maximum atomic E-state index is 13.1. The summed E-state index contributed by atoms with van der Waals surface area (Å²) in [6.45, 7) is 1.46. The number of benzene rings is 2. The van der Waals surface area contributed by atoms with Crippen LogP contribution in [0.15, 0.2) is 54.9 Å². The molecular weight excluding hydrogens is 466 g/mol. The molecule has 2 aromatic carbocycles. The van der Waals surface area contributed by atoms with E-state index >= 15 is 0 Å². The van der Waals surface area contributed by atoms with Crippen LogP contribution in [-0.2, 0) is 12.4 Å². The Kier molecular flexibility index (Phi) is 5.71. The number of halogens is 6. The van der Waals surface area contributed by atoms with Crippen LogP contribution in [0.5, 0.6) is 0 Å². The van der Waals surface area contributed by atoms with Gasteiger partial charge < -0.3 is 5.32 Å². The lowest BCUT2D eigenvalue weighted by Gasteiger charge is -2.18. The molecule has 7 nitrogen and oxygen atoms in total. The molecule has 0 saturated carbocycles. The van der Waals surface area contributed by atoms with Crippen LogP contribution >= 0.6 is 0 Å². The van der Waals surface area contributed by atoms with Gasteiger partial charge in [0.05, 0.1) is 22.7 Å². The molecule has 4 aromatic rings. The van der Waals surface area contributed by atoms with Gasteiger partial charge in [-0.05, 0) is 37.3 Å². The lowest BCUT2D eigenvalue weighted by Crippen LogP contribution is -2.29. The van der Waals surface area contributed by atoms with Gasteiger partial charge in [-0.3, -0.25) is 9.78 Å². The minimum absolute atomic E-state index is 0.0448. The van der Waals surface area contributed by atoms with Crippen molar-refractivity contribution in [3.8, 4) is 5.82 Å². The van der Waals surface area contributed by atoms with E-state index in [2.05, 4.69) is 25.6 Å². The fourth-order valence-electron chi connectivity index (χ4n) is 3.27. The molecule has 2 heterocycles. The van der Waals surface area contributed by atoms with E-state index in [4.69, 9.17) is 0 Å². The van der Waals surface area contributed by atoms with Crippen molar-refractivity contribution in [2.75, 3.05) is 0 Å². The molecular formula is C21H14F6N6O. The summed E-state index contributed by atoms with van der Waals surface area (Å²) >= 11 is 0. The average molecular weight is 480 g/mol. The Morgan fingerprint density at radius 3 is 2.21 bits per heavy atom. The van der Waals surface area contributed by atoms with Crippen LogP contribution in [0.25, 0.3) is 16.9 Å². The summed E-state index contributed by atoms with van der Waals surface area (Å²) in [6, 6.07) is 6.66. The molecule has 1 atom stereocenters. The van der Waals surface area contributed by atoms with Crippen LogP contribution in [-0.4, -0.2) is 30.9 Å². The maximum Gasteiger partial charge on any atom is 0.416 e. The van der Waals surface area contributed by atoms with E-state index < -0.39 is 41.0 Å². The van der Waals surface area contributed by atoms with Gasteiger partial charge in [0, 0.05) is 18.0 Å². The van der Waals surface area contributed by atoms with Crippen molar-refractivity contribution in [2.45, 2.75) is 25.3 Å². The van der Waals surface area contributed by atoms with Crippen LogP contribution in [0, 0.1) is 0 Å². The van der Waals surface area contributed by atoms with Gasteiger partial charge in [0.15, 0.2) is 5.82 Å². The summed E-state index contributed by atoms with van der Waals surface area (Å²) in [7, 11) is 0. The molecule has 1 N–H and O–H groups in total. The van der Waals surface area contributed by atoms with Gasteiger partial charge in [-0.15, -0.1) is 5.10 Å². The topological polar surface area (TPSA) is 85.6 Å². The van der Waals surface area contributed by atoms with Gasteiger partial charge in [-0.2, -0.15) is 31.0 Å². The summed E-state index contributed by atoms with van der Waals surface area (Å²) in [6.07, 6.45) is -7.46. The Hall–Kier alpha value is -4.03. The smallest absolute Gasteiger partial charge is 0.344 e. The predicted molar refractivity (Wildman–Crippen MR) is 107 cm³/mol. The molecule has 0 bridgehead atoms. The first-order chi connectivity index (χ1) is 15.9. The third-order valence-electron chi connectivity index (χ3n) is 4.87. The number of alkyl halides is 6. The monoisotopic (exact) mass is 480 g/mol. The highest BCUT2D eigenvalue weighted by Crippen LogP contribution is 2.36. The molecule has 0 spiro atoms. The molecule has 0 radical (unpaired) electrons. The second-order valence-electron chi connectivity index (χ2n) is 7.24. The second-order valence-corrected chi connectivity index (χ2v) is 7.24. The minimum Gasteiger partial charge on any atom is -0.344 e. The van der Waals surface area contributed by atoms with Crippen LogP contribution < -0.4 is 5.32 Å². The van der Waals surface area contributed by atoms with E-state index in [1.807, 2.05) is 0 Å². The number of nitrogens with one attached hydrogen (secondary N) is 1. The molecule has 0 aliphatic heterocycles. The van der Waals surface area contributed by atoms with Gasteiger partial charge in [-0.1, -0.05) is 17.3 Å². The molecule has 0 fully saturated rings. The Labute approximate surface area is 187 Å². The van der Waals surface area contributed by atoms with Crippen molar-refractivity contribution in [2.24, 2.45) is 0 Å². The molecule has 1 amide bonds. The lowest BCUT2D eigenvalue weighted by atomic mass is 10.0. The Bertz CT molecular complexity index is 1330. The van der Waals surface area contributed by atoms with Gasteiger partial charge >= 0.3 is 12.4 Å². The van der Waals surface area contributed by atoms with Crippen molar-refractivity contribution in [3.63, 3.8) is 0 Å². The van der Waals surface area contributed by atoms with Crippen LogP contribution in [0.3, 0.4) is 0 Å². The van der Waals surface area contributed by atoms with Crippen molar-refractivity contribution < 1.29 is 31.1 Å². The zero-order valence-corrected chi connectivity index (χ0v) is 17.2. The number of carbonyl (C=O) groups excluding carboxylic acids is 1. The summed E-state index contributed by atoms with van der Waals surface area (Å²) in [5.74, 6) is -0.965. The first-order valence-corrected chi connectivity index (χ1v) is 9.67. The first kappa shape index (κ1) is 23.1. The van der Waals surface area contributed by atoms with Crippen molar-refractivity contribution >= 4 is 16.9 Å². The third kappa shape index (κ3) is 4.54. The van der Waals surface area contributed by atoms with Crippen molar-refractivity contribution in [1.29, 1.82) is 0 Å². The Balaban J connectivity index is 1.69. The molecule has 0 saturated heterocycles. The molecule has 2 aromatic heterocycles. The van der Waals surface area contributed by atoms with Crippen molar-refractivity contribution in [3.05, 3.63) is 77.2 Å². The number of hydrogen-bond donors (Lipinski definition) is 1. The molecule has 1 unspecified atom stereocenters. The summed E-state index contributed by atoms with van der Waals surface area (Å²) in [4.78, 5) is 21.1. The number of hydrogen-bond acceptors (Lipinski definition) is 5. The molecule has 176 valence electrons. The number of rotatable bonds is 4. The maximum absolute atomic E-state index is 13.1. The van der Waals surface area contributed by atoms with E-state index in [-0.39, 0.29) is 17.6 Å². The molecule has 34 heavy (non-hydrogen) atoms. The summed E-state index contributed by atoms with van der Waals surface area (Å²) in [5, 5.41) is 10.4. The third-order valence-corrected chi connectivity index (χ3v) is 4.87. The highest BCUT2D eigenvalue weighted by Gasteiger charge is 2.37. The fraction of sp³-hybridized carbons (Fsp3) is 0.190. The number of fused-ring (bicyclic) bond motifs is 1. The minimum atomic E-state index is -5.08. The van der Waals surface area contributed by atoms with Crippen LogP contribution in [0.1, 0.15) is 40.1 Å². The highest BCUT2D eigenvalue weighted by molar-refractivity contribution is 5.95. The number of para-hydroxylation sites is 1. The lowest BCUT2D eigenvalue weighted by molar-refractivity contribution is -0.143. The van der Waals surface area contributed by atoms with Gasteiger partial charge in [0.2, 0.25) is 0 Å². The first-order valence-electron chi connectivity index (χ1n) is 9.67. The van der Waals surface area contributed by atoms with E-state index in [1.165, 1.54) is 24.0 Å². The second kappa shape index (κ2) is 8.39. The summed E-state index contributed by atoms with van der Waals surface area (Å²) < 4.78 is 80.2. The van der Waals surface area contributed by atoms with Gasteiger partial charge in [0.25, 0.3) is 5.91 Å². The van der Waals surface area contributed by atoms with Gasteiger partial charge in [0.1, 0.15) is 11.2 Å². The molecule has 0 aliphatic rings. The van der Waals surface area contributed by atoms with E-state index in [1.54, 1.807) is 24.3 Å². The number of carbonyl (C=O) groups is 1. The van der Waals surface area contributed by atoms with E-state index in [9.17, 15) is 31.1 Å². The Morgan fingerprint density at radius 1 is 0.941 bits per heavy atom. The largest absolute Gasteiger partial charge is 0.416 e.